The Morgan fingerprint density at radius 3 is 2.26 bits per heavy atom. The first-order chi connectivity index (χ1) is 14.8. The van der Waals surface area contributed by atoms with Gasteiger partial charge in [0.05, 0.1) is 15.5 Å². The maximum absolute atomic E-state index is 13.5. The summed E-state index contributed by atoms with van der Waals surface area (Å²) in [5.74, 6) is -0.724. The summed E-state index contributed by atoms with van der Waals surface area (Å²) in [7, 11) is -3.51. The standard InChI is InChI=1S/C23H17FN2O3S2/c1-31(28,29)19-10-6-5-9-18(19)21-20(15-11-13-17(24)14-12-15)25-23(30-21)26-22(27)16-7-3-2-4-8-16/h2-14H,1H3,(H,25,26,27). The highest BCUT2D eigenvalue weighted by atomic mass is 32.2. The van der Waals surface area contributed by atoms with Crippen LogP contribution < -0.4 is 5.32 Å². The van der Waals surface area contributed by atoms with Gasteiger partial charge in [-0.2, -0.15) is 0 Å². The molecule has 0 saturated carbocycles. The summed E-state index contributed by atoms with van der Waals surface area (Å²) in [6.45, 7) is 0. The molecule has 3 aromatic carbocycles. The Labute approximate surface area is 183 Å². The summed E-state index contributed by atoms with van der Waals surface area (Å²) in [5, 5.41) is 3.08. The number of nitrogens with one attached hydrogen (secondary N) is 1. The first-order valence-electron chi connectivity index (χ1n) is 9.25. The topological polar surface area (TPSA) is 76.1 Å². The number of rotatable bonds is 5. The maximum atomic E-state index is 13.5. The minimum absolute atomic E-state index is 0.156. The number of aromatic nitrogens is 1. The number of nitrogens with zero attached hydrogens (tertiary/aromatic N) is 1. The fourth-order valence-electron chi connectivity index (χ4n) is 3.10. The zero-order valence-corrected chi connectivity index (χ0v) is 18.0. The average molecular weight is 453 g/mol. The number of sulfone groups is 1. The summed E-state index contributed by atoms with van der Waals surface area (Å²) in [6, 6.07) is 21.1. The van der Waals surface area contributed by atoms with Crippen LogP contribution in [0.1, 0.15) is 10.4 Å². The van der Waals surface area contributed by atoms with E-state index in [4.69, 9.17) is 0 Å². The van der Waals surface area contributed by atoms with Crippen LogP contribution in [0.5, 0.6) is 0 Å². The molecular weight excluding hydrogens is 435 g/mol. The molecule has 0 saturated heterocycles. The molecule has 8 heteroatoms. The number of hydrogen-bond donors (Lipinski definition) is 1. The number of halogens is 1. The maximum Gasteiger partial charge on any atom is 0.257 e. The van der Waals surface area contributed by atoms with E-state index in [-0.39, 0.29) is 10.8 Å². The summed E-state index contributed by atoms with van der Waals surface area (Å²) in [6.07, 6.45) is 1.14. The van der Waals surface area contributed by atoms with E-state index in [0.717, 1.165) is 17.6 Å². The van der Waals surface area contributed by atoms with E-state index in [1.807, 2.05) is 6.07 Å². The highest BCUT2D eigenvalue weighted by Gasteiger charge is 2.22. The van der Waals surface area contributed by atoms with Crippen molar-refractivity contribution in [3.05, 3.63) is 90.2 Å². The van der Waals surface area contributed by atoms with Crippen molar-refractivity contribution in [3.63, 3.8) is 0 Å². The van der Waals surface area contributed by atoms with Crippen LogP contribution in [0.3, 0.4) is 0 Å². The van der Waals surface area contributed by atoms with Crippen molar-refractivity contribution in [1.82, 2.24) is 4.98 Å². The lowest BCUT2D eigenvalue weighted by molar-refractivity contribution is 0.102. The van der Waals surface area contributed by atoms with Gasteiger partial charge in [-0.15, -0.1) is 0 Å². The molecule has 0 aliphatic carbocycles. The van der Waals surface area contributed by atoms with Gasteiger partial charge in [0.15, 0.2) is 15.0 Å². The van der Waals surface area contributed by atoms with E-state index >= 15 is 0 Å². The molecule has 0 bridgehead atoms. The SMILES string of the molecule is CS(=O)(=O)c1ccccc1-c1sc(NC(=O)c2ccccc2)nc1-c1ccc(F)cc1. The van der Waals surface area contributed by atoms with E-state index < -0.39 is 15.7 Å². The van der Waals surface area contributed by atoms with Crippen molar-refractivity contribution in [3.8, 4) is 21.7 Å². The molecular formula is C23H17FN2O3S2. The molecule has 0 fully saturated rings. The fraction of sp³-hybridized carbons (Fsp3) is 0.0435. The van der Waals surface area contributed by atoms with Crippen LogP contribution in [0.15, 0.2) is 83.8 Å². The molecule has 31 heavy (non-hydrogen) atoms. The molecule has 156 valence electrons. The molecule has 4 rings (SSSR count). The van der Waals surface area contributed by atoms with Crippen LogP contribution in [0, 0.1) is 5.82 Å². The molecule has 1 aromatic heterocycles. The molecule has 0 aliphatic rings. The van der Waals surface area contributed by atoms with Gasteiger partial charge in [0, 0.05) is 22.9 Å². The molecule has 0 radical (unpaired) electrons. The van der Waals surface area contributed by atoms with Gasteiger partial charge in [-0.25, -0.2) is 17.8 Å². The number of amides is 1. The number of hydrogen-bond acceptors (Lipinski definition) is 5. The summed E-state index contributed by atoms with van der Waals surface area (Å²) >= 11 is 1.16. The van der Waals surface area contributed by atoms with Gasteiger partial charge < -0.3 is 0 Å². The minimum atomic E-state index is -3.51. The van der Waals surface area contributed by atoms with E-state index in [1.165, 1.54) is 18.2 Å². The second-order valence-corrected chi connectivity index (χ2v) is 9.78. The van der Waals surface area contributed by atoms with E-state index in [1.54, 1.807) is 54.6 Å². The Balaban J connectivity index is 1.84. The average Bonchev–Trinajstić information content (AvgIpc) is 3.18. The molecule has 0 spiro atoms. The molecule has 5 nitrogen and oxygen atoms in total. The number of benzene rings is 3. The lowest BCUT2D eigenvalue weighted by Gasteiger charge is -2.08. The van der Waals surface area contributed by atoms with E-state index in [2.05, 4.69) is 10.3 Å². The highest BCUT2D eigenvalue weighted by Crippen LogP contribution is 2.41. The van der Waals surface area contributed by atoms with Gasteiger partial charge in [0.1, 0.15) is 5.82 Å². The third-order valence-electron chi connectivity index (χ3n) is 4.53. The second-order valence-electron chi connectivity index (χ2n) is 6.79. The van der Waals surface area contributed by atoms with Gasteiger partial charge in [0.2, 0.25) is 0 Å². The molecule has 1 N–H and O–H groups in total. The summed E-state index contributed by atoms with van der Waals surface area (Å²) in [4.78, 5) is 17.9. The number of thiazole rings is 1. The van der Waals surface area contributed by atoms with Gasteiger partial charge in [-0.3, -0.25) is 10.1 Å². The lowest BCUT2D eigenvalue weighted by Crippen LogP contribution is -2.11. The van der Waals surface area contributed by atoms with Crippen molar-refractivity contribution in [2.45, 2.75) is 4.90 Å². The zero-order valence-electron chi connectivity index (χ0n) is 16.4. The second kappa shape index (κ2) is 8.41. The number of carbonyl (C=O) groups is 1. The van der Waals surface area contributed by atoms with Gasteiger partial charge in [-0.1, -0.05) is 47.7 Å². The third kappa shape index (κ3) is 4.55. The Kier molecular flexibility index (Phi) is 5.67. The quantitative estimate of drug-likeness (QED) is 0.447. The van der Waals surface area contributed by atoms with Gasteiger partial charge in [0.25, 0.3) is 5.91 Å². The first-order valence-corrected chi connectivity index (χ1v) is 12.0. The van der Waals surface area contributed by atoms with Gasteiger partial charge >= 0.3 is 0 Å². The van der Waals surface area contributed by atoms with E-state index in [9.17, 15) is 17.6 Å². The molecule has 0 atom stereocenters. The van der Waals surface area contributed by atoms with Crippen LogP contribution in [-0.4, -0.2) is 25.6 Å². The van der Waals surface area contributed by atoms with Crippen molar-refractivity contribution < 1.29 is 17.6 Å². The largest absolute Gasteiger partial charge is 0.298 e. The van der Waals surface area contributed by atoms with Crippen LogP contribution in [0.4, 0.5) is 9.52 Å². The normalized spacial score (nSPS) is 11.3. The first kappa shape index (κ1) is 20.9. The summed E-state index contributed by atoms with van der Waals surface area (Å²) in [5.41, 5.74) is 2.02. The smallest absolute Gasteiger partial charge is 0.257 e. The lowest BCUT2D eigenvalue weighted by atomic mass is 10.1. The monoisotopic (exact) mass is 452 g/mol. The van der Waals surface area contributed by atoms with Crippen LogP contribution >= 0.6 is 11.3 Å². The fourth-order valence-corrected chi connectivity index (χ4v) is 5.08. The zero-order chi connectivity index (χ0) is 22.0. The van der Waals surface area contributed by atoms with Crippen molar-refractivity contribution in [2.75, 3.05) is 11.6 Å². The molecule has 1 amide bonds. The predicted octanol–water partition coefficient (Wildman–Crippen LogP) is 5.27. The van der Waals surface area contributed by atoms with Crippen LogP contribution in [-0.2, 0) is 9.84 Å². The Morgan fingerprint density at radius 1 is 0.935 bits per heavy atom. The highest BCUT2D eigenvalue weighted by molar-refractivity contribution is 7.90. The minimum Gasteiger partial charge on any atom is -0.298 e. The molecule has 0 aliphatic heterocycles. The number of anilines is 1. The van der Waals surface area contributed by atoms with Gasteiger partial charge in [-0.05, 0) is 42.5 Å². The Hall–Kier alpha value is -3.36. The molecule has 1 heterocycles. The Bertz CT molecular complexity index is 1350. The van der Waals surface area contributed by atoms with Crippen molar-refractivity contribution >= 4 is 32.2 Å². The summed E-state index contributed by atoms with van der Waals surface area (Å²) < 4.78 is 38.2. The van der Waals surface area contributed by atoms with Crippen molar-refractivity contribution in [1.29, 1.82) is 0 Å². The molecule has 0 unspecified atom stereocenters. The van der Waals surface area contributed by atoms with Crippen LogP contribution in [0.25, 0.3) is 21.7 Å². The number of carbonyl (C=O) groups excluding carboxylic acids is 1. The third-order valence-corrected chi connectivity index (χ3v) is 6.69. The van der Waals surface area contributed by atoms with Crippen LogP contribution in [0.2, 0.25) is 0 Å². The predicted molar refractivity (Wildman–Crippen MR) is 120 cm³/mol. The van der Waals surface area contributed by atoms with Crippen molar-refractivity contribution in [2.24, 2.45) is 0 Å². The molecule has 4 aromatic rings. The van der Waals surface area contributed by atoms with E-state index in [0.29, 0.717) is 32.4 Å². The Morgan fingerprint density at radius 2 is 1.58 bits per heavy atom.